The molecular weight excluding hydrogens is 312 g/mol. The molecule has 0 spiro atoms. The maximum Gasteiger partial charge on any atom is 0.229 e. The predicted molar refractivity (Wildman–Crippen MR) is 94.9 cm³/mol. The SMILES string of the molecule is c1ccc(CN2C[C@@H]3CC[C@H]2CN(Cc2noc(C4CC4)n2)C3)cc1. The Hall–Kier alpha value is -1.72. The number of rotatable bonds is 5. The summed E-state index contributed by atoms with van der Waals surface area (Å²) in [5.41, 5.74) is 1.42. The van der Waals surface area contributed by atoms with Crippen LogP contribution in [0, 0.1) is 5.92 Å². The Morgan fingerprint density at radius 3 is 2.68 bits per heavy atom. The third-order valence-corrected chi connectivity index (χ3v) is 5.91. The molecule has 2 bridgehead atoms. The molecule has 25 heavy (non-hydrogen) atoms. The number of piperidine rings is 1. The van der Waals surface area contributed by atoms with Crippen LogP contribution >= 0.6 is 0 Å². The highest BCUT2D eigenvalue weighted by Gasteiger charge is 2.35. The summed E-state index contributed by atoms with van der Waals surface area (Å²) in [6, 6.07) is 11.5. The molecule has 2 aromatic rings. The average Bonchev–Trinajstić information content (AvgIpc) is 3.42. The Balaban J connectivity index is 1.25. The summed E-state index contributed by atoms with van der Waals surface area (Å²) in [7, 11) is 0. The Labute approximate surface area is 149 Å². The minimum atomic E-state index is 0.544. The van der Waals surface area contributed by atoms with Gasteiger partial charge in [0.25, 0.3) is 0 Å². The van der Waals surface area contributed by atoms with Crippen molar-refractivity contribution >= 4 is 0 Å². The fourth-order valence-electron chi connectivity index (χ4n) is 4.44. The minimum Gasteiger partial charge on any atom is -0.339 e. The second kappa shape index (κ2) is 6.54. The Kier molecular flexibility index (Phi) is 4.06. The third kappa shape index (κ3) is 3.48. The van der Waals surface area contributed by atoms with E-state index in [0.29, 0.717) is 12.0 Å². The van der Waals surface area contributed by atoms with Crippen LogP contribution in [0.5, 0.6) is 0 Å². The number of nitrogens with zero attached hydrogens (tertiary/aromatic N) is 4. The number of aromatic nitrogens is 2. The van der Waals surface area contributed by atoms with Crippen molar-refractivity contribution in [3.05, 3.63) is 47.6 Å². The van der Waals surface area contributed by atoms with Gasteiger partial charge in [-0.15, -0.1) is 0 Å². The summed E-state index contributed by atoms with van der Waals surface area (Å²) in [6.45, 7) is 5.41. The standard InChI is InChI=1S/C20H26N4O/c1-2-4-15(5-3-1)11-24-12-16-6-9-18(24)13-23(10-16)14-19-21-20(25-22-19)17-7-8-17/h1-5,16-18H,6-14H2/t16-,18+/m1/s1. The molecule has 5 nitrogen and oxygen atoms in total. The molecule has 1 aliphatic carbocycles. The number of benzene rings is 1. The van der Waals surface area contributed by atoms with E-state index < -0.39 is 0 Å². The lowest BCUT2D eigenvalue weighted by Crippen LogP contribution is -2.43. The fraction of sp³-hybridized carbons (Fsp3) is 0.600. The summed E-state index contributed by atoms with van der Waals surface area (Å²) in [4.78, 5) is 9.86. The largest absolute Gasteiger partial charge is 0.339 e. The molecule has 5 heteroatoms. The second-order valence-electron chi connectivity index (χ2n) is 8.03. The molecular formula is C20H26N4O. The highest BCUT2D eigenvalue weighted by Crippen LogP contribution is 2.39. The molecule has 4 fully saturated rings. The van der Waals surface area contributed by atoms with Crippen LogP contribution in [0.25, 0.3) is 0 Å². The van der Waals surface area contributed by atoms with Gasteiger partial charge in [0.1, 0.15) is 0 Å². The van der Waals surface area contributed by atoms with Crippen LogP contribution in [0.4, 0.5) is 0 Å². The van der Waals surface area contributed by atoms with Gasteiger partial charge in [0.15, 0.2) is 5.82 Å². The van der Waals surface area contributed by atoms with Crippen molar-refractivity contribution in [1.29, 1.82) is 0 Å². The first-order valence-corrected chi connectivity index (χ1v) is 9.66. The highest BCUT2D eigenvalue weighted by atomic mass is 16.5. The van der Waals surface area contributed by atoms with E-state index in [-0.39, 0.29) is 0 Å². The maximum atomic E-state index is 5.43. The van der Waals surface area contributed by atoms with Crippen molar-refractivity contribution in [3.8, 4) is 0 Å². The molecule has 0 N–H and O–H groups in total. The normalized spacial score (nSPS) is 27.5. The monoisotopic (exact) mass is 338 g/mol. The molecule has 1 aromatic heterocycles. The van der Waals surface area contributed by atoms with E-state index >= 15 is 0 Å². The summed E-state index contributed by atoms with van der Waals surface area (Å²) in [6.07, 6.45) is 5.09. The van der Waals surface area contributed by atoms with Crippen LogP contribution < -0.4 is 0 Å². The van der Waals surface area contributed by atoms with E-state index in [0.717, 1.165) is 43.8 Å². The summed E-state index contributed by atoms with van der Waals surface area (Å²) >= 11 is 0. The van der Waals surface area contributed by atoms with Crippen LogP contribution in [-0.2, 0) is 13.1 Å². The van der Waals surface area contributed by atoms with E-state index in [2.05, 4.69) is 50.3 Å². The summed E-state index contributed by atoms with van der Waals surface area (Å²) in [5, 5.41) is 4.22. The molecule has 0 unspecified atom stereocenters. The van der Waals surface area contributed by atoms with Gasteiger partial charge in [-0.3, -0.25) is 9.80 Å². The van der Waals surface area contributed by atoms with Crippen molar-refractivity contribution < 1.29 is 4.52 Å². The topological polar surface area (TPSA) is 45.4 Å². The van der Waals surface area contributed by atoms with Gasteiger partial charge in [-0.2, -0.15) is 4.98 Å². The zero-order valence-electron chi connectivity index (χ0n) is 14.7. The molecule has 1 aromatic carbocycles. The summed E-state index contributed by atoms with van der Waals surface area (Å²) < 4.78 is 5.43. The molecule has 2 atom stereocenters. The van der Waals surface area contributed by atoms with Gasteiger partial charge in [0, 0.05) is 38.1 Å². The molecule has 4 aliphatic rings. The van der Waals surface area contributed by atoms with Crippen molar-refractivity contribution in [2.45, 2.75) is 50.7 Å². The molecule has 0 radical (unpaired) electrons. The Morgan fingerprint density at radius 2 is 1.84 bits per heavy atom. The average molecular weight is 338 g/mol. The van der Waals surface area contributed by atoms with Crippen LogP contribution in [0.2, 0.25) is 0 Å². The quantitative estimate of drug-likeness (QED) is 0.838. The van der Waals surface area contributed by atoms with Gasteiger partial charge < -0.3 is 4.52 Å². The predicted octanol–water partition coefficient (Wildman–Crippen LogP) is 3.04. The minimum absolute atomic E-state index is 0.544. The van der Waals surface area contributed by atoms with E-state index in [1.54, 1.807) is 0 Å². The fourth-order valence-corrected chi connectivity index (χ4v) is 4.44. The van der Waals surface area contributed by atoms with Gasteiger partial charge in [0.05, 0.1) is 6.54 Å². The lowest BCUT2D eigenvalue weighted by Gasteiger charge is -2.36. The van der Waals surface area contributed by atoms with Gasteiger partial charge in [-0.05, 0) is 37.2 Å². The zero-order chi connectivity index (χ0) is 16.6. The van der Waals surface area contributed by atoms with Gasteiger partial charge >= 0.3 is 0 Å². The molecule has 1 saturated carbocycles. The summed E-state index contributed by atoms with van der Waals surface area (Å²) in [5.74, 6) is 3.04. The van der Waals surface area contributed by atoms with Crippen LogP contribution in [-0.4, -0.2) is 45.6 Å². The van der Waals surface area contributed by atoms with E-state index in [1.807, 2.05) is 0 Å². The second-order valence-corrected chi connectivity index (χ2v) is 8.03. The molecule has 4 heterocycles. The molecule has 132 valence electrons. The highest BCUT2D eigenvalue weighted by molar-refractivity contribution is 5.15. The zero-order valence-corrected chi connectivity index (χ0v) is 14.7. The Bertz CT molecular complexity index is 711. The van der Waals surface area contributed by atoms with Crippen molar-refractivity contribution in [2.24, 2.45) is 5.92 Å². The van der Waals surface area contributed by atoms with E-state index in [9.17, 15) is 0 Å². The molecule has 3 aliphatic heterocycles. The third-order valence-electron chi connectivity index (χ3n) is 5.91. The van der Waals surface area contributed by atoms with Gasteiger partial charge in [-0.25, -0.2) is 0 Å². The Morgan fingerprint density at radius 1 is 0.960 bits per heavy atom. The van der Waals surface area contributed by atoms with E-state index in [1.165, 1.54) is 37.8 Å². The van der Waals surface area contributed by atoms with Crippen LogP contribution in [0.3, 0.4) is 0 Å². The van der Waals surface area contributed by atoms with Gasteiger partial charge in [0.2, 0.25) is 5.89 Å². The smallest absolute Gasteiger partial charge is 0.229 e. The van der Waals surface area contributed by atoms with Crippen molar-refractivity contribution in [3.63, 3.8) is 0 Å². The first kappa shape index (κ1) is 15.5. The number of fused-ring (bicyclic) bond motifs is 4. The molecule has 3 saturated heterocycles. The first-order valence-electron chi connectivity index (χ1n) is 9.66. The van der Waals surface area contributed by atoms with Crippen molar-refractivity contribution in [1.82, 2.24) is 19.9 Å². The first-order chi connectivity index (χ1) is 12.3. The van der Waals surface area contributed by atoms with Crippen LogP contribution in [0.1, 0.15) is 48.9 Å². The lowest BCUT2D eigenvalue weighted by molar-refractivity contribution is 0.123. The van der Waals surface area contributed by atoms with Crippen molar-refractivity contribution in [2.75, 3.05) is 19.6 Å². The number of hydrogen-bond donors (Lipinski definition) is 0. The van der Waals surface area contributed by atoms with Gasteiger partial charge in [-0.1, -0.05) is 35.5 Å². The lowest BCUT2D eigenvalue weighted by atomic mass is 9.94. The molecule has 0 amide bonds. The van der Waals surface area contributed by atoms with Crippen LogP contribution in [0.15, 0.2) is 34.9 Å². The molecule has 6 rings (SSSR count). The van der Waals surface area contributed by atoms with E-state index in [4.69, 9.17) is 4.52 Å². The number of hydrogen-bond acceptors (Lipinski definition) is 5. The maximum absolute atomic E-state index is 5.43.